The van der Waals surface area contributed by atoms with Crippen LogP contribution in [0.25, 0.3) is 17.1 Å². The SMILES string of the molecule is FC(F)(F)c1nc2ccccc2nc1N/N=C/C=C/c1ccccc1. The minimum absolute atomic E-state index is 0.174. The molecule has 4 nitrogen and oxygen atoms in total. The number of anilines is 1. The van der Waals surface area contributed by atoms with Gasteiger partial charge in [-0.1, -0.05) is 48.5 Å². The molecule has 0 fully saturated rings. The fraction of sp³-hybridized carbons (Fsp3) is 0.0556. The second kappa shape index (κ2) is 7.12. The molecule has 1 aromatic heterocycles. The van der Waals surface area contributed by atoms with E-state index in [0.29, 0.717) is 5.52 Å². The molecule has 0 aliphatic heterocycles. The molecule has 1 heterocycles. The van der Waals surface area contributed by atoms with Gasteiger partial charge in [-0.25, -0.2) is 9.97 Å². The lowest BCUT2D eigenvalue weighted by Gasteiger charge is -2.11. The smallest absolute Gasteiger partial charge is 0.260 e. The van der Waals surface area contributed by atoms with Crippen LogP contribution in [0, 0.1) is 0 Å². The highest BCUT2D eigenvalue weighted by Crippen LogP contribution is 2.33. The van der Waals surface area contributed by atoms with Crippen molar-refractivity contribution in [2.24, 2.45) is 5.10 Å². The van der Waals surface area contributed by atoms with E-state index in [1.165, 1.54) is 12.3 Å². The molecule has 0 unspecified atom stereocenters. The third-order valence-electron chi connectivity index (χ3n) is 3.26. The van der Waals surface area contributed by atoms with Gasteiger partial charge in [0, 0.05) is 6.21 Å². The molecule has 25 heavy (non-hydrogen) atoms. The number of nitrogens with one attached hydrogen (secondary N) is 1. The summed E-state index contributed by atoms with van der Waals surface area (Å²) in [6.07, 6.45) is 0.116. The average Bonchev–Trinajstić information content (AvgIpc) is 2.61. The maximum absolute atomic E-state index is 13.2. The summed E-state index contributed by atoms with van der Waals surface area (Å²) in [7, 11) is 0. The van der Waals surface area contributed by atoms with Crippen LogP contribution in [0.3, 0.4) is 0 Å². The van der Waals surface area contributed by atoms with Gasteiger partial charge in [-0.3, -0.25) is 5.43 Å². The zero-order valence-electron chi connectivity index (χ0n) is 12.9. The molecule has 0 bridgehead atoms. The molecule has 0 radical (unpaired) electrons. The molecule has 3 aromatic rings. The molecule has 126 valence electrons. The zero-order valence-corrected chi connectivity index (χ0v) is 12.9. The van der Waals surface area contributed by atoms with Crippen molar-refractivity contribution >= 4 is 29.1 Å². The van der Waals surface area contributed by atoms with Crippen molar-refractivity contribution in [3.63, 3.8) is 0 Å². The number of hydrogen-bond acceptors (Lipinski definition) is 4. The van der Waals surface area contributed by atoms with Crippen molar-refractivity contribution in [2.45, 2.75) is 6.18 Å². The van der Waals surface area contributed by atoms with Crippen LogP contribution in [0.5, 0.6) is 0 Å². The Balaban J connectivity index is 1.82. The van der Waals surface area contributed by atoms with Crippen LogP contribution in [-0.2, 0) is 6.18 Å². The van der Waals surface area contributed by atoms with Crippen LogP contribution in [0.1, 0.15) is 11.3 Å². The van der Waals surface area contributed by atoms with Crippen LogP contribution in [0.2, 0.25) is 0 Å². The molecule has 0 amide bonds. The highest BCUT2D eigenvalue weighted by Gasteiger charge is 2.37. The molecular formula is C18H13F3N4. The van der Waals surface area contributed by atoms with Gasteiger partial charge in [0.15, 0.2) is 11.5 Å². The fourth-order valence-electron chi connectivity index (χ4n) is 2.14. The first kappa shape index (κ1) is 16.6. The Bertz CT molecular complexity index is 919. The molecule has 0 saturated carbocycles. The first-order valence-electron chi connectivity index (χ1n) is 7.39. The molecule has 3 rings (SSSR count). The van der Waals surface area contributed by atoms with Crippen LogP contribution in [0.4, 0.5) is 19.0 Å². The fourth-order valence-corrected chi connectivity index (χ4v) is 2.14. The van der Waals surface area contributed by atoms with E-state index in [9.17, 15) is 13.2 Å². The van der Waals surface area contributed by atoms with Crippen LogP contribution in [0.15, 0.2) is 65.8 Å². The number of rotatable bonds is 4. The summed E-state index contributed by atoms with van der Waals surface area (Å²) >= 11 is 0. The largest absolute Gasteiger partial charge is 0.437 e. The van der Waals surface area contributed by atoms with E-state index in [0.717, 1.165) is 5.56 Å². The molecular weight excluding hydrogens is 329 g/mol. The maximum Gasteiger partial charge on any atom is 0.437 e. The standard InChI is InChI=1S/C18H13F3N4/c19-18(20,21)16-17(24-15-11-5-4-10-14(15)23-16)25-22-12-6-9-13-7-2-1-3-8-13/h1-12H,(H,24,25)/b9-6+,22-12+. The predicted octanol–water partition coefficient (Wildman–Crippen LogP) is 4.76. The van der Waals surface area contributed by atoms with E-state index in [2.05, 4.69) is 20.5 Å². The summed E-state index contributed by atoms with van der Waals surface area (Å²) < 4.78 is 39.5. The van der Waals surface area contributed by atoms with Crippen LogP contribution < -0.4 is 5.43 Å². The van der Waals surface area contributed by atoms with Gasteiger partial charge >= 0.3 is 6.18 Å². The van der Waals surface area contributed by atoms with Gasteiger partial charge in [-0.2, -0.15) is 18.3 Å². The number of para-hydroxylation sites is 2. The molecule has 7 heteroatoms. The van der Waals surface area contributed by atoms with E-state index >= 15 is 0 Å². The van der Waals surface area contributed by atoms with Gasteiger partial charge < -0.3 is 0 Å². The highest BCUT2D eigenvalue weighted by atomic mass is 19.4. The van der Waals surface area contributed by atoms with Crippen molar-refractivity contribution in [3.05, 3.63) is 71.9 Å². The topological polar surface area (TPSA) is 50.2 Å². The minimum Gasteiger partial charge on any atom is -0.260 e. The molecule has 2 aromatic carbocycles. The monoisotopic (exact) mass is 342 g/mol. The first-order chi connectivity index (χ1) is 12.0. The van der Waals surface area contributed by atoms with Gasteiger partial charge in [-0.15, -0.1) is 0 Å². The number of aromatic nitrogens is 2. The Kier molecular flexibility index (Phi) is 4.74. The number of fused-ring (bicyclic) bond motifs is 1. The lowest BCUT2D eigenvalue weighted by Crippen LogP contribution is -2.13. The number of benzene rings is 2. The van der Waals surface area contributed by atoms with E-state index < -0.39 is 17.7 Å². The van der Waals surface area contributed by atoms with Gasteiger partial charge in [-0.05, 0) is 23.8 Å². The van der Waals surface area contributed by atoms with E-state index in [-0.39, 0.29) is 5.52 Å². The summed E-state index contributed by atoms with van der Waals surface area (Å²) in [4.78, 5) is 7.62. The number of halogens is 3. The second-order valence-electron chi connectivity index (χ2n) is 5.07. The predicted molar refractivity (Wildman–Crippen MR) is 92.1 cm³/mol. The number of allylic oxidation sites excluding steroid dienone is 1. The number of hydrogen-bond donors (Lipinski definition) is 1. The molecule has 0 atom stereocenters. The Labute approximate surface area is 141 Å². The highest BCUT2D eigenvalue weighted by molar-refractivity contribution is 5.79. The summed E-state index contributed by atoms with van der Waals surface area (Å²) in [5.74, 6) is -0.435. The summed E-state index contributed by atoms with van der Waals surface area (Å²) in [5.41, 5.74) is 2.70. The second-order valence-corrected chi connectivity index (χ2v) is 5.07. The van der Waals surface area contributed by atoms with E-state index in [1.807, 2.05) is 30.3 Å². The first-order valence-corrected chi connectivity index (χ1v) is 7.39. The maximum atomic E-state index is 13.2. The average molecular weight is 342 g/mol. The van der Waals surface area contributed by atoms with Gasteiger partial charge in [0.1, 0.15) is 0 Å². The van der Waals surface area contributed by atoms with Crippen molar-refractivity contribution in [2.75, 3.05) is 5.43 Å². The number of hydrazone groups is 1. The van der Waals surface area contributed by atoms with E-state index in [1.54, 1.807) is 30.4 Å². The summed E-state index contributed by atoms with van der Waals surface area (Å²) in [5, 5.41) is 3.77. The molecule has 0 aliphatic carbocycles. The van der Waals surface area contributed by atoms with Gasteiger partial charge in [0.05, 0.1) is 11.0 Å². The minimum atomic E-state index is -4.63. The van der Waals surface area contributed by atoms with Crippen molar-refractivity contribution in [3.8, 4) is 0 Å². The molecule has 0 saturated heterocycles. The lowest BCUT2D eigenvalue weighted by molar-refractivity contribution is -0.140. The van der Waals surface area contributed by atoms with Crippen LogP contribution in [-0.4, -0.2) is 16.2 Å². The number of alkyl halides is 3. The van der Waals surface area contributed by atoms with E-state index in [4.69, 9.17) is 0 Å². The molecule has 0 aliphatic rings. The molecule has 0 spiro atoms. The van der Waals surface area contributed by atoms with Gasteiger partial charge in [0.25, 0.3) is 0 Å². The quantitative estimate of drug-likeness (QED) is 0.549. The van der Waals surface area contributed by atoms with Crippen molar-refractivity contribution in [1.82, 2.24) is 9.97 Å². The van der Waals surface area contributed by atoms with Crippen molar-refractivity contribution in [1.29, 1.82) is 0 Å². The lowest BCUT2D eigenvalue weighted by atomic mass is 10.2. The molecule has 1 N–H and O–H groups in total. The summed E-state index contributed by atoms with van der Waals surface area (Å²) in [6.45, 7) is 0. The van der Waals surface area contributed by atoms with Crippen molar-refractivity contribution < 1.29 is 13.2 Å². The Morgan fingerprint density at radius 1 is 0.880 bits per heavy atom. The Morgan fingerprint density at radius 2 is 1.52 bits per heavy atom. The third kappa shape index (κ3) is 4.20. The van der Waals surface area contributed by atoms with Crippen LogP contribution >= 0.6 is 0 Å². The Hall–Kier alpha value is -3.22. The Morgan fingerprint density at radius 3 is 2.20 bits per heavy atom. The van der Waals surface area contributed by atoms with Gasteiger partial charge in [0.2, 0.25) is 0 Å². The zero-order chi connectivity index (χ0) is 17.7. The normalized spacial score (nSPS) is 12.3. The number of nitrogens with zero attached hydrogens (tertiary/aromatic N) is 3. The summed E-state index contributed by atoms with van der Waals surface area (Å²) in [6, 6.07) is 15.8. The third-order valence-corrected chi connectivity index (χ3v) is 3.26.